The summed E-state index contributed by atoms with van der Waals surface area (Å²) in [5.41, 5.74) is 1.85. The van der Waals surface area contributed by atoms with Crippen LogP contribution in [0.1, 0.15) is 27.2 Å². The number of rotatable bonds is 5. The quantitative estimate of drug-likeness (QED) is 0.861. The third-order valence-corrected chi connectivity index (χ3v) is 4.93. The standard InChI is InChI=1S/C14H17N3O4S/c1-9-6-12(7-13(10(9)2)14(18)19)22(20,21)16-8-11-4-5-15-17(11)3/h4-7,16H,8H2,1-3H3,(H,18,19). The fourth-order valence-corrected chi connectivity index (χ4v) is 3.14. The molecule has 22 heavy (non-hydrogen) atoms. The van der Waals surface area contributed by atoms with E-state index >= 15 is 0 Å². The molecule has 0 aliphatic carbocycles. The van der Waals surface area contributed by atoms with Crippen molar-refractivity contribution >= 4 is 16.0 Å². The van der Waals surface area contributed by atoms with Gasteiger partial charge in [0.25, 0.3) is 0 Å². The third kappa shape index (κ3) is 3.18. The lowest BCUT2D eigenvalue weighted by molar-refractivity contribution is 0.0695. The lowest BCUT2D eigenvalue weighted by Gasteiger charge is -2.11. The Labute approximate surface area is 128 Å². The highest BCUT2D eigenvalue weighted by molar-refractivity contribution is 7.89. The van der Waals surface area contributed by atoms with Crippen molar-refractivity contribution in [2.75, 3.05) is 0 Å². The van der Waals surface area contributed by atoms with E-state index in [0.717, 1.165) is 0 Å². The molecule has 0 bridgehead atoms. The molecule has 8 heteroatoms. The minimum Gasteiger partial charge on any atom is -0.478 e. The number of aromatic carboxylic acids is 1. The molecule has 1 aromatic heterocycles. The van der Waals surface area contributed by atoms with Gasteiger partial charge in [0.15, 0.2) is 0 Å². The monoisotopic (exact) mass is 323 g/mol. The van der Waals surface area contributed by atoms with E-state index in [-0.39, 0.29) is 17.0 Å². The smallest absolute Gasteiger partial charge is 0.336 e. The van der Waals surface area contributed by atoms with Gasteiger partial charge in [-0.3, -0.25) is 4.68 Å². The van der Waals surface area contributed by atoms with Crippen molar-refractivity contribution in [3.8, 4) is 0 Å². The molecule has 0 saturated heterocycles. The predicted octanol–water partition coefficient (Wildman–Crippen LogP) is 1.21. The average Bonchev–Trinajstić information content (AvgIpc) is 2.84. The molecule has 1 aromatic carbocycles. The first kappa shape index (κ1) is 16.2. The topological polar surface area (TPSA) is 101 Å². The van der Waals surface area contributed by atoms with Crippen LogP contribution in [0.2, 0.25) is 0 Å². The van der Waals surface area contributed by atoms with E-state index in [4.69, 9.17) is 5.11 Å². The van der Waals surface area contributed by atoms with Crippen molar-refractivity contribution in [1.82, 2.24) is 14.5 Å². The first-order chi connectivity index (χ1) is 10.2. The Balaban J connectivity index is 2.33. The maximum Gasteiger partial charge on any atom is 0.336 e. The zero-order chi connectivity index (χ0) is 16.5. The Morgan fingerprint density at radius 3 is 2.59 bits per heavy atom. The number of carboxylic acids is 1. The van der Waals surface area contributed by atoms with Gasteiger partial charge in [0.2, 0.25) is 10.0 Å². The zero-order valence-corrected chi connectivity index (χ0v) is 13.3. The molecule has 0 aliphatic rings. The molecule has 0 atom stereocenters. The number of benzene rings is 1. The van der Waals surface area contributed by atoms with E-state index in [1.165, 1.54) is 12.1 Å². The molecular weight excluding hydrogens is 306 g/mol. The van der Waals surface area contributed by atoms with Crippen molar-refractivity contribution in [2.24, 2.45) is 7.05 Å². The van der Waals surface area contributed by atoms with Crippen LogP contribution in [0.25, 0.3) is 0 Å². The van der Waals surface area contributed by atoms with Gasteiger partial charge in [-0.25, -0.2) is 17.9 Å². The molecule has 0 aliphatic heterocycles. The molecule has 7 nitrogen and oxygen atoms in total. The third-order valence-electron chi connectivity index (χ3n) is 3.55. The van der Waals surface area contributed by atoms with Crippen LogP contribution in [-0.2, 0) is 23.6 Å². The number of nitrogens with one attached hydrogen (secondary N) is 1. The molecule has 1 heterocycles. The first-order valence-electron chi connectivity index (χ1n) is 6.53. The summed E-state index contributed by atoms with van der Waals surface area (Å²) in [5, 5.41) is 13.1. The van der Waals surface area contributed by atoms with Gasteiger partial charge in [-0.2, -0.15) is 5.10 Å². The van der Waals surface area contributed by atoms with Gasteiger partial charge < -0.3 is 5.11 Å². The Morgan fingerprint density at radius 1 is 1.36 bits per heavy atom. The van der Waals surface area contributed by atoms with E-state index in [0.29, 0.717) is 16.8 Å². The van der Waals surface area contributed by atoms with Crippen molar-refractivity contribution < 1.29 is 18.3 Å². The zero-order valence-electron chi connectivity index (χ0n) is 12.5. The summed E-state index contributed by atoms with van der Waals surface area (Å²) in [5.74, 6) is -1.15. The summed E-state index contributed by atoms with van der Waals surface area (Å²) in [4.78, 5) is 11.2. The minimum absolute atomic E-state index is 0.0130. The number of carbonyl (C=O) groups is 1. The minimum atomic E-state index is -3.80. The van der Waals surface area contributed by atoms with Crippen molar-refractivity contribution in [3.63, 3.8) is 0 Å². The van der Waals surface area contributed by atoms with Gasteiger partial charge in [-0.1, -0.05) is 0 Å². The highest BCUT2D eigenvalue weighted by atomic mass is 32.2. The lowest BCUT2D eigenvalue weighted by Crippen LogP contribution is -2.25. The normalized spacial score (nSPS) is 11.6. The first-order valence-corrected chi connectivity index (χ1v) is 8.02. The summed E-state index contributed by atoms with van der Waals surface area (Å²) in [6, 6.07) is 4.34. The van der Waals surface area contributed by atoms with Crippen molar-refractivity contribution in [1.29, 1.82) is 0 Å². The van der Waals surface area contributed by atoms with Crippen LogP contribution in [0, 0.1) is 13.8 Å². The molecule has 0 spiro atoms. The van der Waals surface area contributed by atoms with Crippen LogP contribution in [0.3, 0.4) is 0 Å². The SMILES string of the molecule is Cc1cc(S(=O)(=O)NCc2ccnn2C)cc(C(=O)O)c1C. The van der Waals surface area contributed by atoms with Crippen molar-refractivity contribution in [3.05, 3.63) is 46.8 Å². The van der Waals surface area contributed by atoms with E-state index in [1.807, 2.05) is 0 Å². The summed E-state index contributed by atoms with van der Waals surface area (Å²) in [6.45, 7) is 3.41. The molecule has 2 rings (SSSR count). The van der Waals surface area contributed by atoms with Gasteiger partial charge in [0.05, 0.1) is 22.7 Å². The average molecular weight is 323 g/mol. The molecule has 0 radical (unpaired) electrons. The number of carboxylic acid groups (broad SMARTS) is 1. The van der Waals surface area contributed by atoms with Crippen LogP contribution in [0.15, 0.2) is 29.3 Å². The molecule has 0 amide bonds. The Kier molecular flexibility index (Phi) is 4.34. The number of hydrogen-bond donors (Lipinski definition) is 2. The van der Waals surface area contributed by atoms with Crippen LogP contribution in [-0.4, -0.2) is 29.3 Å². The number of hydrogen-bond acceptors (Lipinski definition) is 4. The maximum atomic E-state index is 12.3. The van der Waals surface area contributed by atoms with Gasteiger partial charge in [-0.15, -0.1) is 0 Å². The molecule has 2 aromatic rings. The van der Waals surface area contributed by atoms with Crippen LogP contribution in [0.5, 0.6) is 0 Å². The largest absolute Gasteiger partial charge is 0.478 e. The van der Waals surface area contributed by atoms with E-state index in [2.05, 4.69) is 9.82 Å². The Hall–Kier alpha value is -2.19. The molecule has 118 valence electrons. The van der Waals surface area contributed by atoms with Crippen LogP contribution >= 0.6 is 0 Å². The molecule has 2 N–H and O–H groups in total. The summed E-state index contributed by atoms with van der Waals surface area (Å²) in [7, 11) is -2.09. The van der Waals surface area contributed by atoms with E-state index < -0.39 is 16.0 Å². The molecule has 0 saturated carbocycles. The molecule has 0 unspecified atom stereocenters. The number of nitrogens with zero attached hydrogens (tertiary/aromatic N) is 2. The lowest BCUT2D eigenvalue weighted by atomic mass is 10.0. The van der Waals surface area contributed by atoms with Crippen LogP contribution in [0.4, 0.5) is 0 Å². The Bertz CT molecular complexity index is 825. The second-order valence-corrected chi connectivity index (χ2v) is 6.76. The maximum absolute atomic E-state index is 12.3. The predicted molar refractivity (Wildman–Crippen MR) is 80.1 cm³/mol. The fraction of sp³-hybridized carbons (Fsp3) is 0.286. The second kappa shape index (κ2) is 5.90. The Morgan fingerprint density at radius 2 is 2.05 bits per heavy atom. The number of sulfonamides is 1. The van der Waals surface area contributed by atoms with Crippen LogP contribution < -0.4 is 4.72 Å². The molecular formula is C14H17N3O4S. The summed E-state index contributed by atoms with van der Waals surface area (Å²) < 4.78 is 28.7. The van der Waals surface area contributed by atoms with E-state index in [9.17, 15) is 13.2 Å². The second-order valence-electron chi connectivity index (χ2n) is 4.99. The highest BCUT2D eigenvalue weighted by Crippen LogP contribution is 2.20. The summed E-state index contributed by atoms with van der Waals surface area (Å²) in [6.07, 6.45) is 1.57. The number of aryl methyl sites for hydroxylation is 2. The van der Waals surface area contributed by atoms with Crippen molar-refractivity contribution in [2.45, 2.75) is 25.3 Å². The fourth-order valence-electron chi connectivity index (χ4n) is 2.03. The highest BCUT2D eigenvalue weighted by Gasteiger charge is 2.19. The number of aromatic nitrogens is 2. The van der Waals surface area contributed by atoms with Gasteiger partial charge >= 0.3 is 5.97 Å². The van der Waals surface area contributed by atoms with Gasteiger partial charge in [0.1, 0.15) is 0 Å². The molecule has 0 fully saturated rings. The van der Waals surface area contributed by atoms with Gasteiger partial charge in [0, 0.05) is 13.2 Å². The summed E-state index contributed by atoms with van der Waals surface area (Å²) >= 11 is 0. The van der Waals surface area contributed by atoms with E-state index in [1.54, 1.807) is 37.8 Å². The van der Waals surface area contributed by atoms with Gasteiger partial charge in [-0.05, 0) is 43.2 Å².